The third kappa shape index (κ3) is 5.19. The zero-order valence-corrected chi connectivity index (χ0v) is 17.6. The topological polar surface area (TPSA) is 66.4 Å². The summed E-state index contributed by atoms with van der Waals surface area (Å²) >= 11 is 0. The number of methoxy groups -OCH3 is 1. The summed E-state index contributed by atoms with van der Waals surface area (Å²) in [5, 5.41) is 3.45. The zero-order valence-electron chi connectivity index (χ0n) is 15.3. The molecule has 144 valence electrons. The first-order valence-electron chi connectivity index (χ1n) is 9.10. The van der Waals surface area contributed by atoms with Crippen molar-refractivity contribution in [2.24, 2.45) is 10.9 Å². The van der Waals surface area contributed by atoms with Gasteiger partial charge >= 0.3 is 5.97 Å². The lowest BCUT2D eigenvalue weighted by Gasteiger charge is -2.37. The van der Waals surface area contributed by atoms with Crippen LogP contribution in [-0.2, 0) is 14.3 Å². The summed E-state index contributed by atoms with van der Waals surface area (Å²) in [4.78, 5) is 20.8. The third-order valence-electron chi connectivity index (χ3n) is 5.49. The van der Waals surface area contributed by atoms with E-state index in [1.807, 2.05) is 7.05 Å². The second-order valence-electron chi connectivity index (χ2n) is 6.96. The molecule has 0 saturated carbocycles. The van der Waals surface area contributed by atoms with E-state index in [4.69, 9.17) is 9.47 Å². The summed E-state index contributed by atoms with van der Waals surface area (Å²) in [6.07, 6.45) is 4.44. The van der Waals surface area contributed by atoms with E-state index in [1.54, 1.807) is 0 Å². The molecule has 3 aliphatic heterocycles. The molecule has 2 unspecified atom stereocenters. The van der Waals surface area contributed by atoms with E-state index in [0.29, 0.717) is 6.04 Å². The van der Waals surface area contributed by atoms with Crippen molar-refractivity contribution in [2.45, 2.75) is 37.8 Å². The van der Waals surface area contributed by atoms with Crippen molar-refractivity contribution in [3.05, 3.63) is 0 Å². The molecule has 7 nitrogen and oxygen atoms in total. The van der Waals surface area contributed by atoms with Gasteiger partial charge in [-0.25, -0.2) is 0 Å². The normalized spacial score (nSPS) is 28.2. The lowest BCUT2D eigenvalue weighted by Crippen LogP contribution is -2.53. The maximum Gasteiger partial charge on any atom is 0.308 e. The van der Waals surface area contributed by atoms with Gasteiger partial charge in [-0.15, -0.1) is 24.0 Å². The minimum atomic E-state index is -0.0895. The van der Waals surface area contributed by atoms with Crippen molar-refractivity contribution >= 4 is 35.9 Å². The van der Waals surface area contributed by atoms with Crippen LogP contribution in [0.25, 0.3) is 0 Å². The lowest BCUT2D eigenvalue weighted by molar-refractivity contribution is -0.146. The number of hydrogen-bond acceptors (Lipinski definition) is 5. The molecule has 25 heavy (non-hydrogen) atoms. The largest absolute Gasteiger partial charge is 0.469 e. The molecule has 3 fully saturated rings. The fraction of sp³-hybridized carbons (Fsp3) is 0.882. The number of nitrogens with zero attached hydrogens (tertiary/aromatic N) is 3. The number of morpholine rings is 1. The van der Waals surface area contributed by atoms with Crippen LogP contribution in [0.15, 0.2) is 4.99 Å². The second-order valence-corrected chi connectivity index (χ2v) is 6.96. The van der Waals surface area contributed by atoms with Gasteiger partial charge < -0.3 is 19.7 Å². The Hall–Kier alpha value is -0.610. The molecule has 0 bridgehead atoms. The number of carbonyl (C=O) groups is 1. The van der Waals surface area contributed by atoms with Gasteiger partial charge in [-0.3, -0.25) is 14.7 Å². The maximum absolute atomic E-state index is 11.6. The van der Waals surface area contributed by atoms with E-state index in [-0.39, 0.29) is 42.0 Å². The summed E-state index contributed by atoms with van der Waals surface area (Å²) in [7, 11) is 3.28. The SMILES string of the molecule is CN=C(NCC1CN2CCCC2CO1)N1CCC(C(=O)OC)CC1.I. The number of nitrogens with one attached hydrogen (secondary N) is 1. The molecule has 0 amide bonds. The first kappa shape index (κ1) is 20.7. The van der Waals surface area contributed by atoms with Crippen LogP contribution in [0, 0.1) is 5.92 Å². The van der Waals surface area contributed by atoms with Gasteiger partial charge in [0.1, 0.15) is 0 Å². The molecule has 0 aromatic heterocycles. The van der Waals surface area contributed by atoms with Crippen molar-refractivity contribution in [3.63, 3.8) is 0 Å². The molecular weight excluding hydrogens is 435 g/mol. The minimum absolute atomic E-state index is 0. The molecule has 3 aliphatic rings. The van der Waals surface area contributed by atoms with E-state index in [0.717, 1.165) is 51.6 Å². The van der Waals surface area contributed by atoms with E-state index >= 15 is 0 Å². The number of ether oxygens (including phenoxy) is 2. The number of guanidine groups is 1. The van der Waals surface area contributed by atoms with Gasteiger partial charge in [0, 0.05) is 39.3 Å². The Balaban J connectivity index is 0.00000225. The molecule has 0 radical (unpaired) electrons. The molecule has 3 rings (SSSR count). The highest BCUT2D eigenvalue weighted by atomic mass is 127. The molecule has 3 saturated heterocycles. The number of carbonyl (C=O) groups excluding carboxylic acids is 1. The molecule has 3 heterocycles. The molecule has 8 heteroatoms. The predicted octanol–water partition coefficient (Wildman–Crippen LogP) is 0.928. The monoisotopic (exact) mass is 466 g/mol. The van der Waals surface area contributed by atoms with Crippen molar-refractivity contribution in [3.8, 4) is 0 Å². The van der Waals surface area contributed by atoms with Gasteiger partial charge in [-0.05, 0) is 32.2 Å². The molecule has 0 aromatic rings. The number of halogens is 1. The molecular formula is C17H31IN4O3. The molecule has 0 aliphatic carbocycles. The Kier molecular flexibility index (Phi) is 8.21. The Morgan fingerprint density at radius 3 is 2.72 bits per heavy atom. The van der Waals surface area contributed by atoms with Crippen molar-refractivity contribution in [1.82, 2.24) is 15.1 Å². The Morgan fingerprint density at radius 2 is 2.04 bits per heavy atom. The van der Waals surface area contributed by atoms with Crippen molar-refractivity contribution in [2.75, 3.05) is 53.5 Å². The highest BCUT2D eigenvalue weighted by molar-refractivity contribution is 14.0. The van der Waals surface area contributed by atoms with Crippen molar-refractivity contribution in [1.29, 1.82) is 0 Å². The number of aliphatic imine (C=N–C) groups is 1. The molecule has 0 spiro atoms. The summed E-state index contributed by atoms with van der Waals surface area (Å²) in [6, 6.07) is 0.637. The Morgan fingerprint density at radius 1 is 1.28 bits per heavy atom. The quantitative estimate of drug-likeness (QED) is 0.289. The summed E-state index contributed by atoms with van der Waals surface area (Å²) in [6.45, 7) is 5.53. The average Bonchev–Trinajstić information content (AvgIpc) is 3.10. The van der Waals surface area contributed by atoms with Crippen LogP contribution in [0.4, 0.5) is 0 Å². The first-order chi connectivity index (χ1) is 11.7. The number of likely N-dealkylation sites (tertiary alicyclic amines) is 1. The number of rotatable bonds is 3. The number of piperidine rings is 1. The number of esters is 1. The van der Waals surface area contributed by atoms with Gasteiger partial charge in [0.25, 0.3) is 0 Å². The van der Waals surface area contributed by atoms with Crippen LogP contribution in [0.2, 0.25) is 0 Å². The van der Waals surface area contributed by atoms with Crippen LogP contribution in [0.5, 0.6) is 0 Å². The smallest absolute Gasteiger partial charge is 0.308 e. The highest BCUT2D eigenvalue weighted by Gasteiger charge is 2.32. The van der Waals surface area contributed by atoms with Gasteiger partial charge in [-0.1, -0.05) is 0 Å². The van der Waals surface area contributed by atoms with Gasteiger partial charge in [-0.2, -0.15) is 0 Å². The summed E-state index contributed by atoms with van der Waals surface area (Å²) in [5.41, 5.74) is 0. The maximum atomic E-state index is 11.6. The standard InChI is InChI=1S/C17H30N4O3.HI/c1-18-17(20-8-5-13(6-9-20)16(22)23-2)19-10-15-11-21-7-3-4-14(21)12-24-15;/h13-15H,3-12H2,1-2H3,(H,18,19);1H. The number of hydrogen-bond donors (Lipinski definition) is 1. The molecule has 0 aromatic carbocycles. The fourth-order valence-corrected chi connectivity index (χ4v) is 4.04. The lowest BCUT2D eigenvalue weighted by atomic mass is 9.97. The van der Waals surface area contributed by atoms with Crippen LogP contribution in [0.3, 0.4) is 0 Å². The van der Waals surface area contributed by atoms with Crippen LogP contribution < -0.4 is 5.32 Å². The van der Waals surface area contributed by atoms with Gasteiger partial charge in [0.05, 0.1) is 25.7 Å². The number of fused-ring (bicyclic) bond motifs is 1. The summed E-state index contributed by atoms with van der Waals surface area (Å²) in [5.74, 6) is 0.844. The minimum Gasteiger partial charge on any atom is -0.469 e. The highest BCUT2D eigenvalue weighted by Crippen LogP contribution is 2.22. The summed E-state index contributed by atoms with van der Waals surface area (Å²) < 4.78 is 10.8. The van der Waals surface area contributed by atoms with Crippen LogP contribution >= 0.6 is 24.0 Å². The van der Waals surface area contributed by atoms with E-state index < -0.39 is 0 Å². The Bertz CT molecular complexity index is 469. The Labute approximate surface area is 167 Å². The van der Waals surface area contributed by atoms with Gasteiger partial charge in [0.2, 0.25) is 0 Å². The fourth-order valence-electron chi connectivity index (χ4n) is 4.04. The second kappa shape index (κ2) is 9.91. The van der Waals surface area contributed by atoms with E-state index in [1.165, 1.54) is 26.5 Å². The third-order valence-corrected chi connectivity index (χ3v) is 5.49. The van der Waals surface area contributed by atoms with Crippen LogP contribution in [-0.4, -0.2) is 87.4 Å². The molecule has 1 N–H and O–H groups in total. The van der Waals surface area contributed by atoms with Crippen molar-refractivity contribution < 1.29 is 14.3 Å². The zero-order chi connectivity index (χ0) is 16.9. The first-order valence-corrected chi connectivity index (χ1v) is 9.10. The average molecular weight is 466 g/mol. The van der Waals surface area contributed by atoms with Gasteiger partial charge in [0.15, 0.2) is 5.96 Å². The molecule has 2 atom stereocenters. The predicted molar refractivity (Wildman–Crippen MR) is 107 cm³/mol. The van der Waals surface area contributed by atoms with E-state index in [9.17, 15) is 4.79 Å². The van der Waals surface area contributed by atoms with Crippen LogP contribution in [0.1, 0.15) is 25.7 Å². The van der Waals surface area contributed by atoms with E-state index in [2.05, 4.69) is 20.1 Å².